The number of hydrogen-bond donors (Lipinski definition) is 0. The summed E-state index contributed by atoms with van der Waals surface area (Å²) in [7, 11) is 0. The van der Waals surface area contributed by atoms with E-state index in [1.807, 2.05) is 26.2 Å². The van der Waals surface area contributed by atoms with Crippen molar-refractivity contribution in [2.24, 2.45) is 0 Å². The first-order valence-corrected chi connectivity index (χ1v) is 7.09. The van der Waals surface area contributed by atoms with E-state index in [9.17, 15) is 4.79 Å². The Bertz CT molecular complexity index is 521. The van der Waals surface area contributed by atoms with Gasteiger partial charge in [-0.3, -0.25) is 0 Å². The highest BCUT2D eigenvalue weighted by atomic mass is 32.1. The van der Waals surface area contributed by atoms with Crippen LogP contribution in [0.15, 0.2) is 18.0 Å². The van der Waals surface area contributed by atoms with Crippen LogP contribution in [0.4, 0.5) is 0 Å². The number of nitrogens with zero attached hydrogens (tertiary/aromatic N) is 4. The zero-order chi connectivity index (χ0) is 14.3. The first-order chi connectivity index (χ1) is 9.19. The molecule has 7 heteroatoms. The summed E-state index contributed by atoms with van der Waals surface area (Å²) < 4.78 is 8.15. The molecule has 2 aromatic heterocycles. The molecule has 0 saturated carbocycles. The molecule has 2 aromatic rings. The van der Waals surface area contributed by atoms with Crippen LogP contribution in [-0.4, -0.2) is 27.3 Å². The van der Waals surface area contributed by atoms with Crippen LogP contribution >= 0.6 is 11.3 Å². The summed E-state index contributed by atoms with van der Waals surface area (Å²) in [6, 6.07) is 0. The van der Waals surface area contributed by atoms with E-state index in [0.717, 1.165) is 10.8 Å². The smallest absolute Gasteiger partial charge is 0.340 e. The van der Waals surface area contributed by atoms with Gasteiger partial charge in [0.25, 0.3) is 11.5 Å². The lowest BCUT2D eigenvalue weighted by atomic mass is 10.6. The zero-order valence-electron chi connectivity index (χ0n) is 11.7. The average Bonchev–Trinajstić information content (AvgIpc) is 3.01. The summed E-state index contributed by atoms with van der Waals surface area (Å²) in [5.74, 6) is -0.271. The molecule has 0 unspecified atom stereocenters. The van der Waals surface area contributed by atoms with Gasteiger partial charge in [-0.1, -0.05) is 29.9 Å². The Morgan fingerprint density at radius 3 is 2.84 bits per heavy atom. The van der Waals surface area contributed by atoms with Gasteiger partial charge in [0.1, 0.15) is 0 Å². The van der Waals surface area contributed by atoms with Crippen LogP contribution in [0.2, 0.25) is 0 Å². The molecule has 0 aliphatic carbocycles. The molecule has 0 bridgehead atoms. The molecule has 6 nitrogen and oxygen atoms in total. The highest BCUT2D eigenvalue weighted by Gasteiger charge is 2.14. The fraction of sp³-hybridized carbons (Fsp3) is 0.500. The van der Waals surface area contributed by atoms with Crippen molar-refractivity contribution in [2.45, 2.75) is 34.2 Å². The molecule has 0 atom stereocenters. The minimum absolute atomic E-state index is 0.165. The van der Waals surface area contributed by atoms with Crippen LogP contribution in [0.25, 0.3) is 5.13 Å². The maximum Gasteiger partial charge on any atom is 0.340 e. The van der Waals surface area contributed by atoms with E-state index in [-0.39, 0.29) is 12.5 Å². The summed E-state index contributed by atoms with van der Waals surface area (Å²) >= 11 is 1.50. The topological polar surface area (TPSA) is 60.9 Å². The SMILES string of the molecule is CC.CCOC(=O)C[n+]1cnn(-c2nc(C)cs2)c1. The standard InChI is InChI=1S/C10H13N4O2S.C2H6/c1-3-16-9(15)4-13-6-11-14(7-13)10-12-8(2)5-17-10;1-2/h5-7H,3-4H2,1-2H3;1-2H3/q+1;. The summed E-state index contributed by atoms with van der Waals surface area (Å²) in [6.07, 6.45) is 3.29. The van der Waals surface area contributed by atoms with E-state index >= 15 is 0 Å². The minimum Gasteiger partial charge on any atom is -0.464 e. The molecule has 0 aromatic carbocycles. The Morgan fingerprint density at radius 2 is 2.26 bits per heavy atom. The molecule has 0 radical (unpaired) electrons. The van der Waals surface area contributed by atoms with Crippen LogP contribution in [0.1, 0.15) is 26.5 Å². The Balaban J connectivity index is 0.000000861. The maximum atomic E-state index is 11.3. The first-order valence-electron chi connectivity index (χ1n) is 6.21. The predicted octanol–water partition coefficient (Wildman–Crippen LogP) is 1.51. The van der Waals surface area contributed by atoms with Gasteiger partial charge in [0.2, 0.25) is 6.33 Å². The molecule has 0 spiro atoms. The lowest BCUT2D eigenvalue weighted by Crippen LogP contribution is -2.36. The molecule has 0 N–H and O–H groups in total. The molecular weight excluding hydrogens is 264 g/mol. The van der Waals surface area contributed by atoms with Crippen molar-refractivity contribution < 1.29 is 14.1 Å². The van der Waals surface area contributed by atoms with E-state index in [0.29, 0.717) is 6.61 Å². The van der Waals surface area contributed by atoms with Crippen molar-refractivity contribution in [3.05, 3.63) is 23.7 Å². The van der Waals surface area contributed by atoms with Crippen LogP contribution in [0.5, 0.6) is 0 Å². The Morgan fingerprint density at radius 1 is 1.53 bits per heavy atom. The van der Waals surface area contributed by atoms with Crippen molar-refractivity contribution >= 4 is 17.3 Å². The van der Waals surface area contributed by atoms with Gasteiger partial charge in [-0.15, -0.1) is 0 Å². The average molecular weight is 283 g/mol. The van der Waals surface area contributed by atoms with Crippen LogP contribution in [0, 0.1) is 6.92 Å². The van der Waals surface area contributed by atoms with Gasteiger partial charge in [0, 0.05) is 10.5 Å². The fourth-order valence-electron chi connectivity index (χ4n) is 1.30. The Kier molecular flexibility index (Phi) is 6.14. The van der Waals surface area contributed by atoms with Crippen molar-refractivity contribution in [1.82, 2.24) is 14.8 Å². The highest BCUT2D eigenvalue weighted by Crippen LogP contribution is 2.11. The van der Waals surface area contributed by atoms with Crippen LogP contribution in [0.3, 0.4) is 0 Å². The maximum absolute atomic E-state index is 11.3. The van der Waals surface area contributed by atoms with E-state index in [1.54, 1.807) is 28.8 Å². The lowest BCUT2D eigenvalue weighted by molar-refractivity contribution is -0.686. The fourth-order valence-corrected chi connectivity index (χ4v) is 2.03. The second kappa shape index (κ2) is 7.63. The first kappa shape index (κ1) is 15.3. The van der Waals surface area contributed by atoms with Gasteiger partial charge in [-0.25, -0.2) is 14.3 Å². The quantitative estimate of drug-likeness (QED) is 0.630. The van der Waals surface area contributed by atoms with Crippen molar-refractivity contribution in [1.29, 1.82) is 0 Å². The predicted molar refractivity (Wildman–Crippen MR) is 72.1 cm³/mol. The minimum atomic E-state index is -0.271. The molecule has 104 valence electrons. The Hall–Kier alpha value is -1.76. The normalized spacial score (nSPS) is 9.68. The summed E-state index contributed by atoms with van der Waals surface area (Å²) in [4.78, 5) is 15.6. The number of hydrogen-bond acceptors (Lipinski definition) is 5. The highest BCUT2D eigenvalue weighted by molar-refractivity contribution is 7.12. The van der Waals surface area contributed by atoms with Crippen LogP contribution in [-0.2, 0) is 16.1 Å². The lowest BCUT2D eigenvalue weighted by Gasteiger charge is -1.97. The number of carbonyl (C=O) groups is 1. The van der Waals surface area contributed by atoms with Crippen molar-refractivity contribution in [2.75, 3.05) is 6.61 Å². The molecule has 0 aliphatic rings. The molecule has 0 amide bonds. The van der Waals surface area contributed by atoms with E-state index in [1.165, 1.54) is 11.3 Å². The van der Waals surface area contributed by atoms with Gasteiger partial charge < -0.3 is 4.74 Å². The largest absolute Gasteiger partial charge is 0.464 e. The number of carbonyl (C=O) groups excluding carboxylic acids is 1. The van der Waals surface area contributed by atoms with E-state index < -0.39 is 0 Å². The summed E-state index contributed by atoms with van der Waals surface area (Å²) in [6.45, 7) is 8.26. The third-order valence-corrected chi connectivity index (χ3v) is 2.95. The van der Waals surface area contributed by atoms with E-state index in [4.69, 9.17) is 4.74 Å². The van der Waals surface area contributed by atoms with Crippen LogP contribution < -0.4 is 4.57 Å². The molecule has 2 heterocycles. The number of ether oxygens (including phenoxy) is 1. The summed E-state index contributed by atoms with van der Waals surface area (Å²) in [5.41, 5.74) is 0.956. The monoisotopic (exact) mass is 283 g/mol. The van der Waals surface area contributed by atoms with Crippen molar-refractivity contribution in [3.63, 3.8) is 0 Å². The Labute approximate surface area is 116 Å². The molecule has 0 saturated heterocycles. The van der Waals surface area contributed by atoms with Gasteiger partial charge in [0.15, 0.2) is 6.54 Å². The second-order valence-corrected chi connectivity index (χ2v) is 4.28. The third-order valence-electron chi connectivity index (χ3n) is 2.00. The number of esters is 1. The number of thiazole rings is 1. The number of aromatic nitrogens is 4. The van der Waals surface area contributed by atoms with Gasteiger partial charge in [0.05, 0.1) is 12.3 Å². The number of aryl methyl sites for hydroxylation is 1. The second-order valence-electron chi connectivity index (χ2n) is 3.44. The number of rotatable bonds is 4. The van der Waals surface area contributed by atoms with Gasteiger partial charge in [-0.2, -0.15) is 0 Å². The summed E-state index contributed by atoms with van der Waals surface area (Å²) in [5, 5.41) is 6.87. The molecule has 2 rings (SSSR count). The molecule has 0 aliphatic heterocycles. The van der Waals surface area contributed by atoms with Gasteiger partial charge in [-0.05, 0) is 13.8 Å². The van der Waals surface area contributed by atoms with E-state index in [2.05, 4.69) is 10.1 Å². The molecule has 19 heavy (non-hydrogen) atoms. The van der Waals surface area contributed by atoms with Crippen molar-refractivity contribution in [3.8, 4) is 5.13 Å². The zero-order valence-corrected chi connectivity index (χ0v) is 12.5. The molecular formula is C12H19N4O2S+. The van der Waals surface area contributed by atoms with Gasteiger partial charge >= 0.3 is 5.97 Å². The third kappa shape index (κ3) is 4.44. The molecule has 0 fully saturated rings.